The van der Waals surface area contributed by atoms with Crippen LogP contribution in [0.25, 0.3) is 0 Å². The first-order valence-corrected chi connectivity index (χ1v) is 6.36. The molecule has 0 saturated carbocycles. The molecule has 0 fully saturated rings. The first-order valence-electron chi connectivity index (χ1n) is 5.03. The molecule has 6 heteroatoms. The Morgan fingerprint density at radius 2 is 2.00 bits per heavy atom. The average molecular weight is 331 g/mol. The van der Waals surface area contributed by atoms with Gasteiger partial charge in [-0.05, 0) is 30.7 Å². The Bertz CT molecular complexity index is 381. The van der Waals surface area contributed by atoms with Gasteiger partial charge in [-0.25, -0.2) is 0 Å². The third kappa shape index (κ3) is 4.39. The molecule has 0 radical (unpaired) electrons. The summed E-state index contributed by atoms with van der Waals surface area (Å²) in [6, 6.07) is 5.10. The SMILES string of the molecule is CCN(CC(F)(F)F)c1ccc(Br)cc1CCl. The smallest absolute Gasteiger partial charge is 0.363 e. The Hall–Kier alpha value is -0.420. The van der Waals surface area contributed by atoms with Gasteiger partial charge in [-0.1, -0.05) is 15.9 Å². The summed E-state index contributed by atoms with van der Waals surface area (Å²) in [5.74, 6) is 0.184. The van der Waals surface area contributed by atoms with E-state index in [4.69, 9.17) is 11.6 Å². The van der Waals surface area contributed by atoms with E-state index < -0.39 is 12.7 Å². The van der Waals surface area contributed by atoms with Gasteiger partial charge in [0.05, 0.1) is 0 Å². The van der Waals surface area contributed by atoms with E-state index in [1.54, 1.807) is 25.1 Å². The number of nitrogens with zero attached hydrogens (tertiary/aromatic N) is 1. The summed E-state index contributed by atoms with van der Waals surface area (Å²) in [5.41, 5.74) is 1.22. The molecule has 0 saturated heterocycles. The number of rotatable bonds is 4. The molecule has 0 heterocycles. The van der Waals surface area contributed by atoms with Crippen molar-refractivity contribution >= 4 is 33.2 Å². The zero-order valence-electron chi connectivity index (χ0n) is 9.19. The summed E-state index contributed by atoms with van der Waals surface area (Å²) < 4.78 is 38.0. The maximum Gasteiger partial charge on any atom is 0.405 e. The lowest BCUT2D eigenvalue weighted by Crippen LogP contribution is -2.34. The first kappa shape index (κ1) is 14.6. The van der Waals surface area contributed by atoms with Crippen LogP contribution in [0.5, 0.6) is 0 Å². The summed E-state index contributed by atoms with van der Waals surface area (Å²) >= 11 is 9.02. The minimum absolute atomic E-state index is 0.184. The molecule has 1 rings (SSSR count). The molecule has 0 atom stereocenters. The van der Waals surface area contributed by atoms with Crippen molar-refractivity contribution in [1.29, 1.82) is 0 Å². The summed E-state index contributed by atoms with van der Waals surface area (Å²) in [7, 11) is 0. The quantitative estimate of drug-likeness (QED) is 0.731. The highest BCUT2D eigenvalue weighted by Crippen LogP contribution is 2.28. The highest BCUT2D eigenvalue weighted by Gasteiger charge is 2.30. The predicted molar refractivity (Wildman–Crippen MR) is 67.6 cm³/mol. The van der Waals surface area contributed by atoms with Gasteiger partial charge in [0.1, 0.15) is 6.54 Å². The lowest BCUT2D eigenvalue weighted by atomic mass is 10.2. The van der Waals surface area contributed by atoms with Crippen LogP contribution in [0, 0.1) is 0 Å². The van der Waals surface area contributed by atoms with E-state index in [-0.39, 0.29) is 12.4 Å². The molecule has 0 N–H and O–H groups in total. The molecule has 1 nitrogen and oxygen atoms in total. The second-order valence-corrected chi connectivity index (χ2v) is 4.72. The molecule has 0 aliphatic carbocycles. The molecule has 0 amide bonds. The molecule has 0 aliphatic rings. The van der Waals surface area contributed by atoms with Gasteiger partial charge in [0.25, 0.3) is 0 Å². The van der Waals surface area contributed by atoms with E-state index in [9.17, 15) is 13.2 Å². The van der Waals surface area contributed by atoms with Crippen LogP contribution in [-0.2, 0) is 5.88 Å². The van der Waals surface area contributed by atoms with Gasteiger partial charge in [0.2, 0.25) is 0 Å². The molecule has 0 bridgehead atoms. The van der Waals surface area contributed by atoms with Crippen molar-refractivity contribution in [3.63, 3.8) is 0 Å². The standard InChI is InChI=1S/C11H12BrClF3N/c1-2-17(7-11(14,15)16)10-4-3-9(12)5-8(10)6-13/h3-5H,2,6-7H2,1H3. The molecule has 17 heavy (non-hydrogen) atoms. The van der Waals surface area contributed by atoms with Crippen LogP contribution >= 0.6 is 27.5 Å². The molecule has 0 aliphatic heterocycles. The van der Waals surface area contributed by atoms with Gasteiger partial charge >= 0.3 is 6.18 Å². The second-order valence-electron chi connectivity index (χ2n) is 3.54. The van der Waals surface area contributed by atoms with Crippen molar-refractivity contribution in [2.45, 2.75) is 19.0 Å². The van der Waals surface area contributed by atoms with E-state index in [0.717, 1.165) is 4.47 Å². The van der Waals surface area contributed by atoms with Crippen LogP contribution < -0.4 is 4.90 Å². The van der Waals surface area contributed by atoms with Gasteiger partial charge in [0.15, 0.2) is 0 Å². The van der Waals surface area contributed by atoms with Crippen molar-refractivity contribution in [3.8, 4) is 0 Å². The van der Waals surface area contributed by atoms with Gasteiger partial charge in [-0.15, -0.1) is 11.6 Å². The van der Waals surface area contributed by atoms with E-state index >= 15 is 0 Å². The van der Waals surface area contributed by atoms with Crippen LogP contribution in [0.1, 0.15) is 12.5 Å². The predicted octanol–water partition coefficient (Wildman–Crippen LogP) is 4.58. The minimum atomic E-state index is -4.22. The molecular formula is C11H12BrClF3N. The number of benzene rings is 1. The van der Waals surface area contributed by atoms with Crippen molar-refractivity contribution < 1.29 is 13.2 Å². The first-order chi connectivity index (χ1) is 7.87. The minimum Gasteiger partial charge on any atom is -0.363 e. The van der Waals surface area contributed by atoms with E-state index in [1.807, 2.05) is 0 Å². The number of alkyl halides is 4. The molecule has 0 unspecified atom stereocenters. The topological polar surface area (TPSA) is 3.24 Å². The van der Waals surface area contributed by atoms with E-state index in [2.05, 4.69) is 15.9 Å². The van der Waals surface area contributed by atoms with Gasteiger partial charge in [-0.3, -0.25) is 0 Å². The fourth-order valence-corrected chi connectivity index (χ4v) is 2.18. The number of hydrogen-bond acceptors (Lipinski definition) is 1. The van der Waals surface area contributed by atoms with Crippen molar-refractivity contribution in [3.05, 3.63) is 28.2 Å². The Labute approximate surface area is 112 Å². The van der Waals surface area contributed by atoms with E-state index in [1.165, 1.54) is 4.90 Å². The number of anilines is 1. The maximum absolute atomic E-state index is 12.4. The summed E-state index contributed by atoms with van der Waals surface area (Å²) in [6.45, 7) is 1.01. The molecule has 96 valence electrons. The van der Waals surface area contributed by atoms with Gasteiger partial charge in [-0.2, -0.15) is 13.2 Å². The Morgan fingerprint density at radius 1 is 1.35 bits per heavy atom. The third-order valence-electron chi connectivity index (χ3n) is 2.28. The fourth-order valence-electron chi connectivity index (χ4n) is 1.55. The Balaban J connectivity index is 3.03. The van der Waals surface area contributed by atoms with Crippen molar-refractivity contribution in [1.82, 2.24) is 0 Å². The summed E-state index contributed by atoms with van der Waals surface area (Å²) in [5, 5.41) is 0. The van der Waals surface area contributed by atoms with Crippen LogP contribution in [0.4, 0.5) is 18.9 Å². The highest BCUT2D eigenvalue weighted by molar-refractivity contribution is 9.10. The summed E-state index contributed by atoms with van der Waals surface area (Å²) in [6.07, 6.45) is -4.22. The zero-order valence-corrected chi connectivity index (χ0v) is 11.5. The monoisotopic (exact) mass is 329 g/mol. The van der Waals surface area contributed by atoms with Gasteiger partial charge < -0.3 is 4.90 Å². The fraction of sp³-hybridized carbons (Fsp3) is 0.455. The van der Waals surface area contributed by atoms with Crippen LogP contribution in [-0.4, -0.2) is 19.3 Å². The highest BCUT2D eigenvalue weighted by atomic mass is 79.9. The molecule has 0 aromatic heterocycles. The van der Waals surface area contributed by atoms with Gasteiger partial charge in [0, 0.05) is 22.6 Å². The number of hydrogen-bond donors (Lipinski definition) is 0. The average Bonchev–Trinajstić information content (AvgIpc) is 2.24. The largest absolute Gasteiger partial charge is 0.405 e. The lowest BCUT2D eigenvalue weighted by molar-refractivity contribution is -0.119. The zero-order chi connectivity index (χ0) is 13.1. The molecule has 0 spiro atoms. The van der Waals surface area contributed by atoms with Crippen LogP contribution in [0.15, 0.2) is 22.7 Å². The summed E-state index contributed by atoms with van der Waals surface area (Å²) in [4.78, 5) is 1.27. The van der Waals surface area contributed by atoms with E-state index in [0.29, 0.717) is 11.3 Å². The molecule has 1 aromatic carbocycles. The normalized spacial score (nSPS) is 11.6. The maximum atomic E-state index is 12.4. The second kappa shape index (κ2) is 5.96. The van der Waals surface area contributed by atoms with Crippen molar-refractivity contribution in [2.75, 3.05) is 18.0 Å². The third-order valence-corrected chi connectivity index (χ3v) is 3.06. The Kier molecular flexibility index (Phi) is 5.13. The van der Waals surface area contributed by atoms with Crippen LogP contribution in [0.2, 0.25) is 0 Å². The molecule has 1 aromatic rings. The van der Waals surface area contributed by atoms with Crippen LogP contribution in [0.3, 0.4) is 0 Å². The van der Waals surface area contributed by atoms with Crippen molar-refractivity contribution in [2.24, 2.45) is 0 Å². The lowest BCUT2D eigenvalue weighted by Gasteiger charge is -2.26. The Morgan fingerprint density at radius 3 is 2.47 bits per heavy atom. The number of halogens is 5. The molecular weight excluding hydrogens is 318 g/mol.